The van der Waals surface area contributed by atoms with Crippen LogP contribution in [0.15, 0.2) is 15.5 Å². The summed E-state index contributed by atoms with van der Waals surface area (Å²) in [6.07, 6.45) is 1.40. The number of rotatable bonds is 2. The van der Waals surface area contributed by atoms with E-state index in [1.54, 1.807) is 6.92 Å². The van der Waals surface area contributed by atoms with E-state index in [0.717, 1.165) is 0 Å². The maximum Gasteiger partial charge on any atom is 0.268 e. The van der Waals surface area contributed by atoms with Gasteiger partial charge < -0.3 is 5.73 Å². The first kappa shape index (κ1) is 9.91. The molecule has 1 aromatic rings. The van der Waals surface area contributed by atoms with Crippen LogP contribution in [0.25, 0.3) is 0 Å². The van der Waals surface area contributed by atoms with Crippen LogP contribution in [0.1, 0.15) is 5.82 Å². The number of primary amides is 1. The van der Waals surface area contributed by atoms with Crippen LogP contribution in [0.4, 0.5) is 0 Å². The second-order valence-corrected chi connectivity index (χ2v) is 3.37. The Morgan fingerprint density at radius 1 is 1.77 bits per heavy atom. The van der Waals surface area contributed by atoms with Gasteiger partial charge in [0.05, 0.1) is 0 Å². The molecule has 1 amide bonds. The SMILES string of the molecule is Cc1ncc(Br)c(=O)n1CC(N)=O. The van der Waals surface area contributed by atoms with Gasteiger partial charge in [-0.2, -0.15) is 0 Å². The minimum Gasteiger partial charge on any atom is -0.368 e. The summed E-state index contributed by atoms with van der Waals surface area (Å²) in [5.74, 6) is -0.0999. The van der Waals surface area contributed by atoms with Gasteiger partial charge in [-0.05, 0) is 22.9 Å². The highest BCUT2D eigenvalue weighted by atomic mass is 79.9. The third-order valence-corrected chi connectivity index (χ3v) is 2.06. The van der Waals surface area contributed by atoms with E-state index in [0.29, 0.717) is 10.3 Å². The van der Waals surface area contributed by atoms with Gasteiger partial charge in [0.2, 0.25) is 5.91 Å². The molecule has 70 valence electrons. The average Bonchev–Trinajstić information content (AvgIpc) is 2.05. The average molecular weight is 246 g/mol. The number of hydrogen-bond acceptors (Lipinski definition) is 3. The molecule has 2 N–H and O–H groups in total. The first-order valence-corrected chi connectivity index (χ1v) is 4.32. The quantitative estimate of drug-likeness (QED) is 0.784. The fourth-order valence-corrected chi connectivity index (χ4v) is 1.21. The molecule has 0 atom stereocenters. The van der Waals surface area contributed by atoms with E-state index in [9.17, 15) is 9.59 Å². The van der Waals surface area contributed by atoms with E-state index in [1.807, 2.05) is 0 Å². The molecule has 6 heteroatoms. The lowest BCUT2D eigenvalue weighted by atomic mass is 10.5. The van der Waals surface area contributed by atoms with E-state index in [4.69, 9.17) is 5.73 Å². The van der Waals surface area contributed by atoms with Crippen LogP contribution in [0.3, 0.4) is 0 Å². The van der Waals surface area contributed by atoms with Crippen LogP contribution in [0.5, 0.6) is 0 Å². The van der Waals surface area contributed by atoms with Gasteiger partial charge in [-0.3, -0.25) is 14.2 Å². The molecule has 0 saturated carbocycles. The summed E-state index contributed by atoms with van der Waals surface area (Å²) in [5, 5.41) is 0. The third kappa shape index (κ3) is 2.15. The number of amides is 1. The van der Waals surface area contributed by atoms with E-state index < -0.39 is 5.91 Å². The van der Waals surface area contributed by atoms with Gasteiger partial charge >= 0.3 is 0 Å². The van der Waals surface area contributed by atoms with Gasteiger partial charge in [0.15, 0.2) is 0 Å². The lowest BCUT2D eigenvalue weighted by molar-refractivity contribution is -0.118. The van der Waals surface area contributed by atoms with Crippen molar-refractivity contribution in [2.45, 2.75) is 13.5 Å². The molecule has 0 spiro atoms. The van der Waals surface area contributed by atoms with Gasteiger partial charge in [-0.1, -0.05) is 0 Å². The van der Waals surface area contributed by atoms with Crippen LogP contribution in [-0.4, -0.2) is 15.5 Å². The van der Waals surface area contributed by atoms with Crippen molar-refractivity contribution in [2.75, 3.05) is 0 Å². The Bertz CT molecular complexity index is 399. The van der Waals surface area contributed by atoms with Crippen molar-refractivity contribution in [1.29, 1.82) is 0 Å². The molecular formula is C7H8BrN3O2. The van der Waals surface area contributed by atoms with E-state index in [-0.39, 0.29) is 12.1 Å². The van der Waals surface area contributed by atoms with E-state index in [2.05, 4.69) is 20.9 Å². The molecule has 13 heavy (non-hydrogen) atoms. The second-order valence-electron chi connectivity index (χ2n) is 2.51. The molecule has 0 aliphatic carbocycles. The summed E-state index contributed by atoms with van der Waals surface area (Å²) >= 11 is 3.02. The largest absolute Gasteiger partial charge is 0.368 e. The van der Waals surface area contributed by atoms with Crippen molar-refractivity contribution in [3.63, 3.8) is 0 Å². The molecule has 1 aromatic heterocycles. The lowest BCUT2D eigenvalue weighted by Gasteiger charge is -2.05. The number of nitrogens with zero attached hydrogens (tertiary/aromatic N) is 2. The highest BCUT2D eigenvalue weighted by molar-refractivity contribution is 9.10. The van der Waals surface area contributed by atoms with Crippen molar-refractivity contribution in [3.05, 3.63) is 26.8 Å². The number of carbonyl (C=O) groups is 1. The highest BCUT2D eigenvalue weighted by Gasteiger charge is 2.06. The summed E-state index contributed by atoms with van der Waals surface area (Å²) in [7, 11) is 0. The van der Waals surface area contributed by atoms with Crippen LogP contribution in [0, 0.1) is 6.92 Å². The molecule has 0 fully saturated rings. The predicted octanol–water partition coefficient (Wildman–Crippen LogP) is -0.200. The Kier molecular flexibility index (Phi) is 2.82. The molecule has 0 aliphatic rings. The van der Waals surface area contributed by atoms with Crippen LogP contribution < -0.4 is 11.3 Å². The fraction of sp³-hybridized carbons (Fsp3) is 0.286. The van der Waals surface area contributed by atoms with Crippen LogP contribution in [-0.2, 0) is 11.3 Å². The number of hydrogen-bond donors (Lipinski definition) is 1. The Labute approximate surface area is 82.7 Å². The number of aromatic nitrogens is 2. The minimum absolute atomic E-state index is 0.142. The Balaban J connectivity index is 3.26. The number of aryl methyl sites for hydroxylation is 1. The molecule has 0 radical (unpaired) electrons. The smallest absolute Gasteiger partial charge is 0.268 e. The zero-order chi connectivity index (χ0) is 10.0. The first-order valence-electron chi connectivity index (χ1n) is 3.52. The maximum absolute atomic E-state index is 11.4. The molecule has 0 aromatic carbocycles. The van der Waals surface area contributed by atoms with E-state index in [1.165, 1.54) is 10.8 Å². The molecule has 5 nitrogen and oxygen atoms in total. The number of nitrogens with two attached hydrogens (primary N) is 1. The Hall–Kier alpha value is -1.17. The van der Waals surface area contributed by atoms with Gasteiger partial charge in [-0.25, -0.2) is 4.98 Å². The van der Waals surface area contributed by atoms with Gasteiger partial charge in [0.25, 0.3) is 5.56 Å². The van der Waals surface area contributed by atoms with Crippen LogP contribution >= 0.6 is 15.9 Å². The molecule has 1 heterocycles. The van der Waals surface area contributed by atoms with Gasteiger partial charge in [0, 0.05) is 6.20 Å². The van der Waals surface area contributed by atoms with Crippen molar-refractivity contribution in [1.82, 2.24) is 9.55 Å². The third-order valence-electron chi connectivity index (χ3n) is 1.52. The Morgan fingerprint density at radius 3 is 2.92 bits per heavy atom. The second kappa shape index (κ2) is 3.69. The molecule has 0 aliphatic heterocycles. The summed E-state index contributed by atoms with van der Waals surface area (Å²) in [6, 6.07) is 0. The van der Waals surface area contributed by atoms with Crippen molar-refractivity contribution in [3.8, 4) is 0 Å². The summed E-state index contributed by atoms with van der Waals surface area (Å²) in [6.45, 7) is 1.49. The topological polar surface area (TPSA) is 78.0 Å². The monoisotopic (exact) mass is 245 g/mol. The molecule has 0 unspecified atom stereocenters. The predicted molar refractivity (Wildman–Crippen MR) is 50.1 cm³/mol. The highest BCUT2D eigenvalue weighted by Crippen LogP contribution is 2.00. The lowest BCUT2D eigenvalue weighted by Crippen LogP contribution is -2.30. The Morgan fingerprint density at radius 2 is 2.38 bits per heavy atom. The van der Waals surface area contributed by atoms with E-state index >= 15 is 0 Å². The van der Waals surface area contributed by atoms with Gasteiger partial charge in [0.1, 0.15) is 16.8 Å². The standard InChI is InChI=1S/C7H8BrN3O2/c1-4-10-2-5(8)7(13)11(4)3-6(9)12/h2H,3H2,1H3,(H2,9,12). The maximum atomic E-state index is 11.4. The van der Waals surface area contributed by atoms with Crippen molar-refractivity contribution < 1.29 is 4.79 Å². The fourth-order valence-electron chi connectivity index (χ4n) is 0.893. The summed E-state index contributed by atoms with van der Waals surface area (Å²) < 4.78 is 1.53. The molecular weight excluding hydrogens is 238 g/mol. The van der Waals surface area contributed by atoms with Crippen LogP contribution in [0.2, 0.25) is 0 Å². The van der Waals surface area contributed by atoms with Gasteiger partial charge in [-0.15, -0.1) is 0 Å². The molecule has 0 saturated heterocycles. The summed E-state index contributed by atoms with van der Waals surface area (Å²) in [5.41, 5.74) is 4.67. The minimum atomic E-state index is -0.565. The zero-order valence-corrected chi connectivity index (χ0v) is 8.54. The molecule has 1 rings (SSSR count). The molecule has 0 bridgehead atoms. The zero-order valence-electron chi connectivity index (χ0n) is 6.95. The van der Waals surface area contributed by atoms with Crippen molar-refractivity contribution in [2.24, 2.45) is 5.73 Å². The first-order chi connectivity index (χ1) is 6.02. The summed E-state index contributed by atoms with van der Waals surface area (Å²) in [4.78, 5) is 25.9. The number of halogens is 1. The number of carbonyl (C=O) groups excluding carboxylic acids is 1. The normalized spacial score (nSPS) is 10.0. The van der Waals surface area contributed by atoms with Crippen molar-refractivity contribution >= 4 is 21.8 Å².